The van der Waals surface area contributed by atoms with E-state index in [9.17, 15) is 4.79 Å². The first kappa shape index (κ1) is 12.1. The average molecular weight is 225 g/mol. The number of nitrogens with two attached hydrogens (primary N) is 1. The Morgan fingerprint density at radius 3 is 2.44 bits per heavy atom. The van der Waals surface area contributed by atoms with Crippen LogP contribution >= 0.6 is 0 Å². The molecule has 0 aromatic rings. The molecule has 0 spiro atoms. The van der Waals surface area contributed by atoms with Crippen LogP contribution in [0.15, 0.2) is 0 Å². The van der Waals surface area contributed by atoms with Gasteiger partial charge in [0.1, 0.15) is 5.78 Å². The van der Waals surface area contributed by atoms with Gasteiger partial charge in [-0.2, -0.15) is 0 Å². The number of hydrogen-bond acceptors (Lipinski definition) is 3. The van der Waals surface area contributed by atoms with E-state index in [4.69, 9.17) is 10.5 Å². The third kappa shape index (κ3) is 2.30. The van der Waals surface area contributed by atoms with Crippen molar-refractivity contribution in [3.63, 3.8) is 0 Å². The monoisotopic (exact) mass is 225 g/mol. The van der Waals surface area contributed by atoms with Crippen LogP contribution in [0.2, 0.25) is 0 Å². The molecule has 1 aliphatic heterocycles. The number of rotatable bonds is 3. The second-order valence-corrected chi connectivity index (χ2v) is 5.32. The number of ketones is 1. The Bertz CT molecular complexity index is 238. The van der Waals surface area contributed by atoms with E-state index in [0.717, 1.165) is 38.7 Å². The molecule has 0 aromatic heterocycles. The lowest BCUT2D eigenvalue weighted by Gasteiger charge is -2.31. The van der Waals surface area contributed by atoms with Gasteiger partial charge in [0, 0.05) is 24.5 Å². The summed E-state index contributed by atoms with van der Waals surface area (Å²) in [5, 5.41) is 0. The molecule has 92 valence electrons. The van der Waals surface area contributed by atoms with Gasteiger partial charge in [0.05, 0.1) is 6.61 Å². The van der Waals surface area contributed by atoms with E-state index < -0.39 is 0 Å². The summed E-state index contributed by atoms with van der Waals surface area (Å²) in [6, 6.07) is 0. The molecule has 1 unspecified atom stereocenters. The van der Waals surface area contributed by atoms with E-state index in [1.807, 2.05) is 0 Å². The Kier molecular flexibility index (Phi) is 3.98. The van der Waals surface area contributed by atoms with Crippen LogP contribution in [0, 0.1) is 11.3 Å². The number of Topliss-reactive ketones (excluding diaryl/α,β-unsaturated/α-hetero) is 1. The molecule has 0 aromatic carbocycles. The van der Waals surface area contributed by atoms with Crippen LogP contribution in [0.5, 0.6) is 0 Å². The van der Waals surface area contributed by atoms with Crippen molar-refractivity contribution in [1.82, 2.24) is 0 Å². The highest BCUT2D eigenvalue weighted by atomic mass is 16.5. The zero-order chi connectivity index (χ0) is 11.4. The molecule has 0 amide bonds. The van der Waals surface area contributed by atoms with Crippen LogP contribution in [0.1, 0.15) is 44.9 Å². The summed E-state index contributed by atoms with van der Waals surface area (Å²) in [5.41, 5.74) is 5.70. The Hall–Kier alpha value is -0.410. The molecule has 2 aliphatic rings. The first-order valence-corrected chi connectivity index (χ1v) is 6.61. The fourth-order valence-electron chi connectivity index (χ4n) is 3.13. The standard InChI is InChI=1S/C13H23NO2/c14-10-13(6-3-1-2-4-7-13)12(15)11-5-8-16-9-11/h11H,1-10,14H2. The molecule has 3 heteroatoms. The van der Waals surface area contributed by atoms with Gasteiger partial charge in [-0.1, -0.05) is 25.7 Å². The van der Waals surface area contributed by atoms with Crippen molar-refractivity contribution in [2.24, 2.45) is 17.1 Å². The first-order chi connectivity index (χ1) is 7.78. The molecule has 2 rings (SSSR count). The van der Waals surface area contributed by atoms with E-state index in [1.165, 1.54) is 12.8 Å². The quantitative estimate of drug-likeness (QED) is 0.746. The number of ether oxygens (including phenoxy) is 1. The zero-order valence-electron chi connectivity index (χ0n) is 10.0. The summed E-state index contributed by atoms with van der Waals surface area (Å²) in [6.07, 6.45) is 7.75. The third-order valence-electron chi connectivity index (χ3n) is 4.27. The molecule has 3 nitrogen and oxygen atoms in total. The maximum absolute atomic E-state index is 12.5. The minimum absolute atomic E-state index is 0.127. The molecule has 16 heavy (non-hydrogen) atoms. The van der Waals surface area contributed by atoms with Crippen LogP contribution in [0.3, 0.4) is 0 Å². The summed E-state index contributed by atoms with van der Waals surface area (Å²) >= 11 is 0. The van der Waals surface area contributed by atoms with Crippen LogP contribution in [-0.4, -0.2) is 25.5 Å². The minimum atomic E-state index is -0.213. The summed E-state index contributed by atoms with van der Waals surface area (Å²) < 4.78 is 5.33. The Morgan fingerprint density at radius 2 is 1.94 bits per heavy atom. The van der Waals surface area contributed by atoms with Crippen LogP contribution in [0.25, 0.3) is 0 Å². The molecule has 0 radical (unpaired) electrons. The molecule has 0 bridgehead atoms. The molecule has 1 aliphatic carbocycles. The maximum Gasteiger partial charge on any atom is 0.145 e. The lowest BCUT2D eigenvalue weighted by molar-refractivity contribution is -0.133. The summed E-state index contributed by atoms with van der Waals surface area (Å²) in [4.78, 5) is 12.5. The fraction of sp³-hybridized carbons (Fsp3) is 0.923. The van der Waals surface area contributed by atoms with Crippen molar-refractivity contribution in [2.75, 3.05) is 19.8 Å². The third-order valence-corrected chi connectivity index (χ3v) is 4.27. The van der Waals surface area contributed by atoms with Gasteiger partial charge in [-0.25, -0.2) is 0 Å². The zero-order valence-corrected chi connectivity index (χ0v) is 10.0. The summed E-state index contributed by atoms with van der Waals surface area (Å²) in [5.74, 6) is 0.524. The molecule has 1 saturated carbocycles. The predicted octanol–water partition coefficient (Wildman–Crippen LogP) is 1.89. The maximum atomic E-state index is 12.5. The van der Waals surface area contributed by atoms with Crippen LogP contribution < -0.4 is 5.73 Å². The number of carbonyl (C=O) groups is 1. The average Bonchev–Trinajstić information content (AvgIpc) is 2.73. The van der Waals surface area contributed by atoms with E-state index in [2.05, 4.69) is 0 Å². The second-order valence-electron chi connectivity index (χ2n) is 5.32. The van der Waals surface area contributed by atoms with Crippen molar-refractivity contribution in [3.8, 4) is 0 Å². The number of hydrogen-bond donors (Lipinski definition) is 1. The van der Waals surface area contributed by atoms with Crippen molar-refractivity contribution >= 4 is 5.78 Å². The minimum Gasteiger partial charge on any atom is -0.381 e. The summed E-state index contributed by atoms with van der Waals surface area (Å²) in [6.45, 7) is 1.90. The van der Waals surface area contributed by atoms with Gasteiger partial charge in [-0.3, -0.25) is 4.79 Å². The Labute approximate surface area is 97.7 Å². The van der Waals surface area contributed by atoms with Gasteiger partial charge < -0.3 is 10.5 Å². The molecule has 2 fully saturated rings. The smallest absolute Gasteiger partial charge is 0.145 e. The molecule has 2 N–H and O–H groups in total. The summed E-state index contributed by atoms with van der Waals surface area (Å²) in [7, 11) is 0. The van der Waals surface area contributed by atoms with Crippen molar-refractivity contribution in [3.05, 3.63) is 0 Å². The topological polar surface area (TPSA) is 52.3 Å². The molecule has 1 atom stereocenters. The van der Waals surface area contributed by atoms with Gasteiger partial charge in [0.15, 0.2) is 0 Å². The van der Waals surface area contributed by atoms with E-state index in [-0.39, 0.29) is 11.3 Å². The Morgan fingerprint density at radius 1 is 1.25 bits per heavy atom. The highest BCUT2D eigenvalue weighted by Gasteiger charge is 2.41. The SMILES string of the molecule is NCC1(C(=O)C2CCOC2)CCCCCC1. The van der Waals surface area contributed by atoms with E-state index in [1.54, 1.807) is 0 Å². The van der Waals surface area contributed by atoms with Gasteiger partial charge in [0.25, 0.3) is 0 Å². The van der Waals surface area contributed by atoms with Gasteiger partial charge in [-0.05, 0) is 19.3 Å². The van der Waals surface area contributed by atoms with E-state index >= 15 is 0 Å². The molecule has 1 heterocycles. The molecular weight excluding hydrogens is 202 g/mol. The van der Waals surface area contributed by atoms with E-state index in [0.29, 0.717) is 18.9 Å². The van der Waals surface area contributed by atoms with Crippen molar-refractivity contribution in [2.45, 2.75) is 44.9 Å². The van der Waals surface area contributed by atoms with Crippen molar-refractivity contribution < 1.29 is 9.53 Å². The largest absolute Gasteiger partial charge is 0.381 e. The fourth-order valence-corrected chi connectivity index (χ4v) is 3.13. The van der Waals surface area contributed by atoms with Gasteiger partial charge in [-0.15, -0.1) is 0 Å². The molecule has 1 saturated heterocycles. The highest BCUT2D eigenvalue weighted by molar-refractivity contribution is 5.87. The normalized spacial score (nSPS) is 29.9. The van der Waals surface area contributed by atoms with Gasteiger partial charge in [0.2, 0.25) is 0 Å². The van der Waals surface area contributed by atoms with Gasteiger partial charge >= 0.3 is 0 Å². The van der Waals surface area contributed by atoms with Crippen LogP contribution in [0.4, 0.5) is 0 Å². The molecular formula is C13H23NO2. The highest BCUT2D eigenvalue weighted by Crippen LogP contribution is 2.38. The Balaban J connectivity index is 2.08. The van der Waals surface area contributed by atoms with Crippen LogP contribution in [-0.2, 0) is 9.53 Å². The first-order valence-electron chi connectivity index (χ1n) is 6.61. The van der Waals surface area contributed by atoms with Crippen molar-refractivity contribution in [1.29, 1.82) is 0 Å². The lowest BCUT2D eigenvalue weighted by atomic mass is 9.72. The lowest BCUT2D eigenvalue weighted by Crippen LogP contribution is -2.42. The predicted molar refractivity (Wildman–Crippen MR) is 63.1 cm³/mol. The number of carbonyl (C=O) groups excluding carboxylic acids is 1. The second kappa shape index (κ2) is 5.28.